The number of rotatable bonds is 3. The fourth-order valence-corrected chi connectivity index (χ4v) is 3.80. The van der Waals surface area contributed by atoms with E-state index < -0.39 is 0 Å². The summed E-state index contributed by atoms with van der Waals surface area (Å²) in [5, 5.41) is 13.0. The Kier molecular flexibility index (Phi) is 3.46. The molecule has 0 aliphatic heterocycles. The predicted octanol–water partition coefficient (Wildman–Crippen LogP) is 4.37. The third kappa shape index (κ3) is 2.60. The van der Waals surface area contributed by atoms with Crippen molar-refractivity contribution in [3.63, 3.8) is 0 Å². The standard InChI is InChI=1S/C15H13ClN2S/c16-12-4-5-14(11(6-12)8-17)18-9-13-7-10-2-1-3-15(10)19-13/h4-7,18H,1-3,9H2. The van der Waals surface area contributed by atoms with Crippen molar-refractivity contribution < 1.29 is 0 Å². The largest absolute Gasteiger partial charge is 0.379 e. The zero-order chi connectivity index (χ0) is 13.2. The lowest BCUT2D eigenvalue weighted by atomic mass is 10.2. The Morgan fingerprint density at radius 1 is 1.32 bits per heavy atom. The minimum Gasteiger partial charge on any atom is -0.379 e. The van der Waals surface area contributed by atoms with Gasteiger partial charge in [-0.3, -0.25) is 0 Å². The van der Waals surface area contributed by atoms with E-state index in [1.165, 1.54) is 34.6 Å². The Labute approximate surface area is 121 Å². The maximum atomic E-state index is 9.09. The molecule has 2 nitrogen and oxygen atoms in total. The van der Waals surface area contributed by atoms with Crippen LogP contribution in [0.4, 0.5) is 5.69 Å². The second kappa shape index (κ2) is 5.24. The van der Waals surface area contributed by atoms with Crippen LogP contribution in [0.1, 0.15) is 27.3 Å². The van der Waals surface area contributed by atoms with Crippen LogP contribution in [0.25, 0.3) is 0 Å². The molecule has 0 bridgehead atoms. The van der Waals surface area contributed by atoms with Crippen LogP contribution in [0, 0.1) is 11.3 Å². The Bertz CT molecular complexity index is 633. The third-order valence-corrected chi connectivity index (χ3v) is 4.82. The first-order valence-corrected chi connectivity index (χ1v) is 7.49. The number of anilines is 1. The van der Waals surface area contributed by atoms with Crippen molar-refractivity contribution in [2.75, 3.05) is 5.32 Å². The normalized spacial score (nSPS) is 13.1. The monoisotopic (exact) mass is 288 g/mol. The van der Waals surface area contributed by atoms with Crippen molar-refractivity contribution in [1.82, 2.24) is 0 Å². The number of benzene rings is 1. The average Bonchev–Trinajstić information content (AvgIpc) is 2.97. The zero-order valence-electron chi connectivity index (χ0n) is 10.4. The molecule has 96 valence electrons. The van der Waals surface area contributed by atoms with Gasteiger partial charge in [0.05, 0.1) is 11.3 Å². The minimum atomic E-state index is 0.594. The first kappa shape index (κ1) is 12.5. The first-order chi connectivity index (χ1) is 9.26. The highest BCUT2D eigenvalue weighted by Crippen LogP contribution is 2.31. The van der Waals surface area contributed by atoms with Gasteiger partial charge in [-0.05, 0) is 49.1 Å². The van der Waals surface area contributed by atoms with Crippen molar-refractivity contribution in [3.05, 3.63) is 50.2 Å². The summed E-state index contributed by atoms with van der Waals surface area (Å²) in [6, 6.07) is 9.82. The number of nitrogens with zero attached hydrogens (tertiary/aromatic N) is 1. The van der Waals surface area contributed by atoms with Crippen LogP contribution >= 0.6 is 22.9 Å². The molecule has 1 aromatic heterocycles. The molecule has 0 saturated heterocycles. The summed E-state index contributed by atoms with van der Waals surface area (Å²) in [6.07, 6.45) is 3.74. The number of halogens is 1. The van der Waals surface area contributed by atoms with Crippen LogP contribution in [-0.2, 0) is 19.4 Å². The van der Waals surface area contributed by atoms with E-state index >= 15 is 0 Å². The van der Waals surface area contributed by atoms with Crippen LogP contribution in [0.5, 0.6) is 0 Å². The summed E-state index contributed by atoms with van der Waals surface area (Å²) in [6.45, 7) is 0.772. The van der Waals surface area contributed by atoms with Crippen molar-refractivity contribution in [3.8, 4) is 6.07 Å². The molecule has 1 heterocycles. The van der Waals surface area contributed by atoms with Crippen LogP contribution in [0.2, 0.25) is 5.02 Å². The molecule has 0 atom stereocenters. The molecule has 1 aromatic carbocycles. The summed E-state index contributed by atoms with van der Waals surface area (Å²) in [4.78, 5) is 2.87. The molecule has 0 amide bonds. The molecule has 0 unspecified atom stereocenters. The molecular formula is C15H13ClN2S. The Morgan fingerprint density at radius 2 is 2.21 bits per heavy atom. The number of thiophene rings is 1. The number of aryl methyl sites for hydroxylation is 2. The molecule has 4 heteroatoms. The highest BCUT2D eigenvalue weighted by atomic mass is 35.5. The number of hydrogen-bond donors (Lipinski definition) is 1. The fourth-order valence-electron chi connectivity index (χ4n) is 2.42. The van der Waals surface area contributed by atoms with Crippen LogP contribution in [0.3, 0.4) is 0 Å². The van der Waals surface area contributed by atoms with E-state index in [2.05, 4.69) is 17.5 Å². The van der Waals surface area contributed by atoms with Gasteiger partial charge in [-0.15, -0.1) is 11.3 Å². The lowest BCUT2D eigenvalue weighted by Crippen LogP contribution is -1.99. The molecule has 0 radical (unpaired) electrons. The van der Waals surface area contributed by atoms with Gasteiger partial charge in [0, 0.05) is 21.3 Å². The van der Waals surface area contributed by atoms with Crippen molar-refractivity contribution in [1.29, 1.82) is 5.26 Å². The number of fused-ring (bicyclic) bond motifs is 1. The van der Waals surface area contributed by atoms with Gasteiger partial charge in [-0.1, -0.05) is 11.6 Å². The summed E-state index contributed by atoms with van der Waals surface area (Å²) in [5.74, 6) is 0. The van der Waals surface area contributed by atoms with Gasteiger partial charge in [0.15, 0.2) is 0 Å². The minimum absolute atomic E-state index is 0.594. The first-order valence-electron chi connectivity index (χ1n) is 6.30. The molecule has 19 heavy (non-hydrogen) atoms. The Morgan fingerprint density at radius 3 is 3.00 bits per heavy atom. The van der Waals surface area contributed by atoms with Gasteiger partial charge in [-0.2, -0.15) is 5.26 Å². The second-order valence-corrected chi connectivity index (χ2v) is 6.33. The fraction of sp³-hybridized carbons (Fsp3) is 0.267. The highest BCUT2D eigenvalue weighted by Gasteiger charge is 2.14. The molecule has 0 spiro atoms. The SMILES string of the molecule is N#Cc1cc(Cl)ccc1NCc1cc2c(s1)CCC2. The molecular weight excluding hydrogens is 276 g/mol. The predicted molar refractivity (Wildman–Crippen MR) is 79.8 cm³/mol. The Balaban J connectivity index is 1.74. The van der Waals surface area contributed by atoms with Crippen LogP contribution in [-0.4, -0.2) is 0 Å². The summed E-state index contributed by atoms with van der Waals surface area (Å²) >= 11 is 7.77. The number of hydrogen-bond acceptors (Lipinski definition) is 3. The maximum Gasteiger partial charge on any atom is 0.101 e. The molecule has 2 aromatic rings. The molecule has 1 N–H and O–H groups in total. The topological polar surface area (TPSA) is 35.8 Å². The van der Waals surface area contributed by atoms with E-state index in [1.54, 1.807) is 12.1 Å². The van der Waals surface area contributed by atoms with E-state index in [0.29, 0.717) is 10.6 Å². The van der Waals surface area contributed by atoms with Gasteiger partial charge in [-0.25, -0.2) is 0 Å². The molecule has 1 aliphatic rings. The van der Waals surface area contributed by atoms with E-state index in [1.807, 2.05) is 17.4 Å². The maximum absolute atomic E-state index is 9.09. The van der Waals surface area contributed by atoms with Gasteiger partial charge in [0.25, 0.3) is 0 Å². The average molecular weight is 289 g/mol. The Hall–Kier alpha value is -1.50. The van der Waals surface area contributed by atoms with E-state index in [9.17, 15) is 0 Å². The summed E-state index contributed by atoms with van der Waals surface area (Å²) in [5.41, 5.74) is 2.95. The molecule has 0 saturated carbocycles. The van der Waals surface area contributed by atoms with Gasteiger partial charge in [0.1, 0.15) is 6.07 Å². The highest BCUT2D eigenvalue weighted by molar-refractivity contribution is 7.12. The van der Waals surface area contributed by atoms with Crippen molar-refractivity contribution >= 4 is 28.6 Å². The van der Waals surface area contributed by atoms with Crippen molar-refractivity contribution in [2.45, 2.75) is 25.8 Å². The zero-order valence-corrected chi connectivity index (χ0v) is 11.9. The molecule has 1 aliphatic carbocycles. The third-order valence-electron chi connectivity index (χ3n) is 3.35. The van der Waals surface area contributed by atoms with Crippen molar-refractivity contribution in [2.24, 2.45) is 0 Å². The quantitative estimate of drug-likeness (QED) is 0.910. The van der Waals surface area contributed by atoms with E-state index in [4.69, 9.17) is 16.9 Å². The molecule has 0 fully saturated rings. The van der Waals surface area contributed by atoms with Gasteiger partial charge < -0.3 is 5.32 Å². The van der Waals surface area contributed by atoms with E-state index in [0.717, 1.165) is 12.2 Å². The second-order valence-electron chi connectivity index (χ2n) is 4.67. The lowest BCUT2D eigenvalue weighted by Gasteiger charge is -2.07. The molecule has 3 rings (SSSR count). The van der Waals surface area contributed by atoms with Crippen LogP contribution in [0.15, 0.2) is 24.3 Å². The lowest BCUT2D eigenvalue weighted by molar-refractivity contribution is 0.913. The van der Waals surface area contributed by atoms with Gasteiger partial charge >= 0.3 is 0 Å². The summed E-state index contributed by atoms with van der Waals surface area (Å²) in [7, 11) is 0. The summed E-state index contributed by atoms with van der Waals surface area (Å²) < 4.78 is 0. The van der Waals surface area contributed by atoms with E-state index in [-0.39, 0.29) is 0 Å². The van der Waals surface area contributed by atoms with Gasteiger partial charge in [0.2, 0.25) is 0 Å². The number of nitriles is 1. The smallest absolute Gasteiger partial charge is 0.101 e. The number of nitrogens with one attached hydrogen (secondary N) is 1. The van der Waals surface area contributed by atoms with Crippen LogP contribution < -0.4 is 5.32 Å².